The van der Waals surface area contributed by atoms with Crippen molar-refractivity contribution in [1.82, 2.24) is 0 Å². The van der Waals surface area contributed by atoms with E-state index in [1.807, 2.05) is 6.07 Å². The van der Waals surface area contributed by atoms with Crippen LogP contribution in [0.5, 0.6) is 0 Å². The molecule has 0 saturated heterocycles. The highest BCUT2D eigenvalue weighted by Crippen LogP contribution is 2.25. The summed E-state index contributed by atoms with van der Waals surface area (Å²) in [6, 6.07) is 6.81. The number of amides is 1. The van der Waals surface area contributed by atoms with Crippen LogP contribution in [0.1, 0.15) is 32.8 Å². The molecule has 0 saturated carbocycles. The monoisotopic (exact) mass is 293 g/mol. The van der Waals surface area contributed by atoms with Gasteiger partial charge >= 0.3 is 0 Å². The van der Waals surface area contributed by atoms with Gasteiger partial charge in [0.2, 0.25) is 5.91 Å². The van der Waals surface area contributed by atoms with Crippen molar-refractivity contribution in [3.05, 3.63) is 28.8 Å². The number of benzene rings is 1. The van der Waals surface area contributed by atoms with Crippen LogP contribution in [-0.4, -0.2) is 12.5 Å². The molecule has 4 nitrogen and oxygen atoms in total. The average Bonchev–Trinajstić information content (AvgIpc) is 2.37. The predicted octanol–water partition coefficient (Wildman–Crippen LogP) is 3.16. The van der Waals surface area contributed by atoms with Gasteiger partial charge in [-0.2, -0.15) is 5.26 Å². The second-order valence-corrected chi connectivity index (χ2v) is 6.40. The summed E-state index contributed by atoms with van der Waals surface area (Å²) >= 11 is 5.85. The lowest BCUT2D eigenvalue weighted by Gasteiger charge is -2.24. The number of carbonyl (C=O) groups excluding carboxylic acids is 1. The molecule has 0 aliphatic heterocycles. The first kappa shape index (κ1) is 16.5. The van der Waals surface area contributed by atoms with Crippen molar-refractivity contribution < 1.29 is 4.79 Å². The summed E-state index contributed by atoms with van der Waals surface area (Å²) in [7, 11) is 0. The minimum atomic E-state index is -0.254. The van der Waals surface area contributed by atoms with Crippen molar-refractivity contribution >= 4 is 23.2 Å². The fourth-order valence-corrected chi connectivity index (χ4v) is 2.12. The number of nitriles is 1. The molecule has 0 aliphatic rings. The first-order valence-electron chi connectivity index (χ1n) is 6.47. The molecular formula is C15H20ClN3O. The maximum Gasteiger partial charge on any atom is 0.228 e. The van der Waals surface area contributed by atoms with Gasteiger partial charge in [0.1, 0.15) is 6.07 Å². The van der Waals surface area contributed by atoms with E-state index >= 15 is 0 Å². The zero-order chi connectivity index (χ0) is 15.3. The zero-order valence-corrected chi connectivity index (χ0v) is 12.8. The van der Waals surface area contributed by atoms with Gasteiger partial charge < -0.3 is 11.1 Å². The van der Waals surface area contributed by atoms with E-state index in [-0.39, 0.29) is 17.2 Å². The number of hydrogen-bond acceptors (Lipinski definition) is 3. The molecule has 0 aliphatic carbocycles. The number of nitrogens with zero attached hydrogens (tertiary/aromatic N) is 1. The van der Waals surface area contributed by atoms with Crippen LogP contribution in [0.3, 0.4) is 0 Å². The van der Waals surface area contributed by atoms with Gasteiger partial charge in [-0.25, -0.2) is 0 Å². The molecular weight excluding hydrogens is 274 g/mol. The lowest BCUT2D eigenvalue weighted by atomic mass is 9.84. The number of carbonyl (C=O) groups is 1. The van der Waals surface area contributed by atoms with Crippen LogP contribution < -0.4 is 11.1 Å². The Morgan fingerprint density at radius 2 is 2.15 bits per heavy atom. The van der Waals surface area contributed by atoms with Gasteiger partial charge in [0.05, 0.1) is 16.5 Å². The van der Waals surface area contributed by atoms with Crippen LogP contribution >= 0.6 is 11.6 Å². The highest BCUT2D eigenvalue weighted by atomic mass is 35.5. The first-order valence-corrected chi connectivity index (χ1v) is 6.85. The summed E-state index contributed by atoms with van der Waals surface area (Å²) in [6.07, 6.45) is 0.702. The summed E-state index contributed by atoms with van der Waals surface area (Å²) in [5, 5.41) is 12.1. The Bertz CT molecular complexity index is 529. The highest BCUT2D eigenvalue weighted by Gasteiger charge is 2.23. The van der Waals surface area contributed by atoms with Crippen molar-refractivity contribution in [2.75, 3.05) is 11.9 Å². The number of hydrogen-bond donors (Lipinski definition) is 2. The van der Waals surface area contributed by atoms with Crippen molar-refractivity contribution in [2.45, 2.75) is 27.2 Å². The molecule has 1 aromatic carbocycles. The third-order valence-corrected chi connectivity index (χ3v) is 3.20. The molecule has 5 heteroatoms. The minimum Gasteiger partial charge on any atom is -0.330 e. The maximum absolute atomic E-state index is 12.2. The normalized spacial score (nSPS) is 12.6. The molecule has 0 heterocycles. The fraction of sp³-hybridized carbons (Fsp3) is 0.467. The van der Waals surface area contributed by atoms with Gasteiger partial charge in [-0.3, -0.25) is 4.79 Å². The van der Waals surface area contributed by atoms with Gasteiger partial charge in [0.25, 0.3) is 0 Å². The molecule has 1 amide bonds. The van der Waals surface area contributed by atoms with Crippen molar-refractivity contribution in [1.29, 1.82) is 5.26 Å². The molecule has 1 rings (SSSR count). The van der Waals surface area contributed by atoms with Crippen LogP contribution in [-0.2, 0) is 4.79 Å². The zero-order valence-electron chi connectivity index (χ0n) is 12.0. The highest BCUT2D eigenvalue weighted by molar-refractivity contribution is 6.31. The SMILES string of the molecule is CC(C)(C)CC(CN)C(=O)Nc1ccc(Cl)c(C#N)c1. The van der Waals surface area contributed by atoms with E-state index < -0.39 is 0 Å². The summed E-state index contributed by atoms with van der Waals surface area (Å²) in [6.45, 7) is 6.50. The Kier molecular flexibility index (Phi) is 5.55. The lowest BCUT2D eigenvalue weighted by Crippen LogP contribution is -2.32. The Morgan fingerprint density at radius 1 is 1.50 bits per heavy atom. The Morgan fingerprint density at radius 3 is 2.65 bits per heavy atom. The Labute approximate surface area is 124 Å². The Balaban J connectivity index is 2.82. The Hall–Kier alpha value is -1.57. The average molecular weight is 294 g/mol. The van der Waals surface area contributed by atoms with E-state index in [2.05, 4.69) is 26.1 Å². The molecule has 0 radical (unpaired) electrons. The minimum absolute atomic E-state index is 0.0270. The van der Waals surface area contributed by atoms with Gasteiger partial charge in [-0.05, 0) is 30.0 Å². The number of halogens is 1. The third kappa shape index (κ3) is 4.84. The molecule has 1 aromatic rings. The topological polar surface area (TPSA) is 78.9 Å². The van der Waals surface area contributed by atoms with Gasteiger partial charge in [0.15, 0.2) is 0 Å². The maximum atomic E-state index is 12.2. The van der Waals surface area contributed by atoms with E-state index in [1.54, 1.807) is 18.2 Å². The molecule has 0 spiro atoms. The van der Waals surface area contributed by atoms with Gasteiger partial charge in [0, 0.05) is 12.2 Å². The van der Waals surface area contributed by atoms with Crippen molar-refractivity contribution in [2.24, 2.45) is 17.1 Å². The summed E-state index contributed by atoms with van der Waals surface area (Å²) in [5.41, 5.74) is 6.60. The third-order valence-electron chi connectivity index (χ3n) is 2.87. The van der Waals surface area contributed by atoms with Crippen LogP contribution in [0, 0.1) is 22.7 Å². The van der Waals surface area contributed by atoms with Crippen molar-refractivity contribution in [3.63, 3.8) is 0 Å². The van der Waals surface area contributed by atoms with Gasteiger partial charge in [-0.1, -0.05) is 32.4 Å². The van der Waals surface area contributed by atoms with Crippen LogP contribution in [0.25, 0.3) is 0 Å². The lowest BCUT2D eigenvalue weighted by molar-refractivity contribution is -0.120. The molecule has 108 valence electrons. The molecule has 0 fully saturated rings. The number of anilines is 1. The van der Waals surface area contributed by atoms with Crippen LogP contribution in [0.15, 0.2) is 18.2 Å². The fourth-order valence-electron chi connectivity index (χ4n) is 1.96. The van der Waals surface area contributed by atoms with E-state index in [4.69, 9.17) is 22.6 Å². The largest absolute Gasteiger partial charge is 0.330 e. The molecule has 3 N–H and O–H groups in total. The van der Waals surface area contributed by atoms with E-state index in [1.165, 1.54) is 0 Å². The second kappa shape index (κ2) is 6.74. The summed E-state index contributed by atoms with van der Waals surface area (Å²) in [4.78, 5) is 12.2. The summed E-state index contributed by atoms with van der Waals surface area (Å²) < 4.78 is 0. The predicted molar refractivity (Wildman–Crippen MR) is 81.4 cm³/mol. The van der Waals surface area contributed by atoms with Crippen molar-refractivity contribution in [3.8, 4) is 6.07 Å². The van der Waals surface area contributed by atoms with Crippen LogP contribution in [0.4, 0.5) is 5.69 Å². The first-order chi connectivity index (χ1) is 9.26. The van der Waals surface area contributed by atoms with Gasteiger partial charge in [-0.15, -0.1) is 0 Å². The summed E-state index contributed by atoms with van der Waals surface area (Å²) in [5.74, 6) is -0.384. The standard InChI is InChI=1S/C15H20ClN3O/c1-15(2,3)7-11(9-18)14(20)19-12-4-5-13(16)10(6-12)8-17/h4-6,11H,7,9,18H2,1-3H3,(H,19,20). The smallest absolute Gasteiger partial charge is 0.228 e. The molecule has 0 aromatic heterocycles. The number of nitrogens with one attached hydrogen (secondary N) is 1. The molecule has 1 unspecified atom stereocenters. The molecule has 1 atom stereocenters. The van der Waals surface area contributed by atoms with Crippen LogP contribution in [0.2, 0.25) is 5.02 Å². The van der Waals surface area contributed by atoms with E-state index in [0.29, 0.717) is 29.2 Å². The van der Waals surface area contributed by atoms with E-state index in [0.717, 1.165) is 0 Å². The molecule has 20 heavy (non-hydrogen) atoms. The molecule has 0 bridgehead atoms. The number of nitrogens with two attached hydrogens (primary N) is 1. The second-order valence-electron chi connectivity index (χ2n) is 5.99. The van der Waals surface area contributed by atoms with E-state index in [9.17, 15) is 4.79 Å². The number of rotatable bonds is 4. The quantitative estimate of drug-likeness (QED) is 0.895.